The van der Waals surface area contributed by atoms with Crippen molar-refractivity contribution < 1.29 is 19.1 Å². The molecule has 0 aromatic heterocycles. The highest BCUT2D eigenvalue weighted by molar-refractivity contribution is 6.02. The summed E-state index contributed by atoms with van der Waals surface area (Å²) in [4.78, 5) is 27.0. The van der Waals surface area contributed by atoms with Crippen LogP contribution in [0.4, 0.5) is 0 Å². The number of nitrogens with zero attached hydrogens (tertiary/aromatic N) is 1. The van der Waals surface area contributed by atoms with Crippen molar-refractivity contribution in [1.29, 1.82) is 0 Å². The molecule has 2 aromatic rings. The van der Waals surface area contributed by atoms with Gasteiger partial charge in [0.05, 0.1) is 13.2 Å². The maximum Gasteiger partial charge on any atom is 0.255 e. The summed E-state index contributed by atoms with van der Waals surface area (Å²) in [5.41, 5.74) is 4.40. The summed E-state index contributed by atoms with van der Waals surface area (Å²) in [5, 5.41) is 6.09. The number of rotatable bonds is 9. The Bertz CT molecular complexity index is 1000. The summed E-state index contributed by atoms with van der Waals surface area (Å²) < 4.78 is 11.1. The third kappa shape index (κ3) is 4.84. The summed E-state index contributed by atoms with van der Waals surface area (Å²) in [6.45, 7) is 6.89. The van der Waals surface area contributed by atoms with E-state index < -0.39 is 6.04 Å². The number of hydrogen-bond acceptors (Lipinski definition) is 5. The Morgan fingerprint density at radius 2 is 1.94 bits per heavy atom. The minimum atomic E-state index is -0.474. The number of amides is 2. The summed E-state index contributed by atoms with van der Waals surface area (Å²) >= 11 is 0. The van der Waals surface area contributed by atoms with Crippen LogP contribution in [0.25, 0.3) is 0 Å². The maximum absolute atomic E-state index is 13.0. The molecular weight excluding hydrogens is 406 g/mol. The number of ether oxygens (including phenoxy) is 2. The minimum Gasteiger partial charge on any atom is -0.489 e. The van der Waals surface area contributed by atoms with E-state index in [2.05, 4.69) is 29.3 Å². The molecule has 0 spiro atoms. The van der Waals surface area contributed by atoms with Gasteiger partial charge in [0.15, 0.2) is 0 Å². The van der Waals surface area contributed by atoms with Crippen molar-refractivity contribution in [2.75, 3.05) is 20.3 Å². The number of fused-ring (bicyclic) bond motifs is 1. The van der Waals surface area contributed by atoms with Gasteiger partial charge in [-0.1, -0.05) is 36.9 Å². The Morgan fingerprint density at radius 3 is 2.69 bits per heavy atom. The van der Waals surface area contributed by atoms with E-state index >= 15 is 0 Å². The normalized spacial score (nSPS) is 18.0. The lowest BCUT2D eigenvalue weighted by molar-refractivity contribution is -0.126. The van der Waals surface area contributed by atoms with Crippen LogP contribution in [-0.2, 0) is 29.2 Å². The van der Waals surface area contributed by atoms with E-state index in [9.17, 15) is 9.59 Å². The average molecular weight is 436 g/mol. The Hall–Kier alpha value is -3.16. The van der Waals surface area contributed by atoms with E-state index in [1.807, 2.05) is 24.3 Å². The topological polar surface area (TPSA) is 79.9 Å². The van der Waals surface area contributed by atoms with Crippen molar-refractivity contribution >= 4 is 11.8 Å². The zero-order valence-electron chi connectivity index (χ0n) is 18.4. The number of piperidine rings is 1. The van der Waals surface area contributed by atoms with Gasteiger partial charge < -0.3 is 25.0 Å². The van der Waals surface area contributed by atoms with Crippen molar-refractivity contribution in [3.8, 4) is 5.75 Å². The summed E-state index contributed by atoms with van der Waals surface area (Å²) in [6.07, 6.45) is 1.27. The second kappa shape index (κ2) is 9.97. The van der Waals surface area contributed by atoms with Gasteiger partial charge in [-0.15, -0.1) is 0 Å². The molecule has 4 rings (SSSR count). The summed E-state index contributed by atoms with van der Waals surface area (Å²) in [5.74, 6) is 0.398. The standard InChI is InChI=1S/C25H29N3O4/c1-17-6-11-22(24(29)27-17)28-15-21-20(25(28)30)4-3-5-23(21)32-16-19-9-7-18(8-10-19)14-26-12-13-31-2/h3-5,7-10,22,26H,1,6,11-16H2,2H3,(H,27,29). The molecule has 168 valence electrons. The zero-order chi connectivity index (χ0) is 22.5. The Balaban J connectivity index is 1.38. The lowest BCUT2D eigenvalue weighted by atomic mass is 10.0. The molecule has 2 aliphatic rings. The Kier molecular flexibility index (Phi) is 6.87. The highest BCUT2D eigenvalue weighted by atomic mass is 16.5. The summed E-state index contributed by atoms with van der Waals surface area (Å²) in [6, 6.07) is 13.3. The average Bonchev–Trinajstić information content (AvgIpc) is 3.13. The van der Waals surface area contributed by atoms with Crippen LogP contribution in [0, 0.1) is 0 Å². The second-order valence-corrected chi connectivity index (χ2v) is 8.14. The fourth-order valence-electron chi connectivity index (χ4n) is 4.09. The van der Waals surface area contributed by atoms with Crippen LogP contribution in [0.5, 0.6) is 5.75 Å². The molecule has 2 amide bonds. The highest BCUT2D eigenvalue weighted by Crippen LogP contribution is 2.34. The van der Waals surface area contributed by atoms with E-state index in [4.69, 9.17) is 9.47 Å². The molecule has 2 aromatic carbocycles. The molecule has 7 nitrogen and oxygen atoms in total. The smallest absolute Gasteiger partial charge is 0.255 e. The molecule has 32 heavy (non-hydrogen) atoms. The van der Waals surface area contributed by atoms with Gasteiger partial charge in [-0.05, 0) is 36.1 Å². The van der Waals surface area contributed by atoms with Gasteiger partial charge in [0.25, 0.3) is 5.91 Å². The fourth-order valence-corrected chi connectivity index (χ4v) is 4.09. The van der Waals surface area contributed by atoms with E-state index in [0.717, 1.165) is 24.2 Å². The zero-order valence-corrected chi connectivity index (χ0v) is 18.4. The molecule has 2 heterocycles. The predicted molar refractivity (Wildman–Crippen MR) is 121 cm³/mol. The van der Waals surface area contributed by atoms with Crippen molar-refractivity contribution in [3.63, 3.8) is 0 Å². The second-order valence-electron chi connectivity index (χ2n) is 8.14. The third-order valence-corrected chi connectivity index (χ3v) is 5.88. The first kappa shape index (κ1) is 22.0. The first-order valence-electron chi connectivity index (χ1n) is 10.9. The van der Waals surface area contributed by atoms with Crippen molar-refractivity contribution in [3.05, 3.63) is 77.0 Å². The van der Waals surface area contributed by atoms with Crippen LogP contribution >= 0.6 is 0 Å². The number of methoxy groups -OCH3 is 1. The number of nitrogens with one attached hydrogen (secondary N) is 2. The van der Waals surface area contributed by atoms with E-state index in [0.29, 0.717) is 49.6 Å². The largest absolute Gasteiger partial charge is 0.489 e. The van der Waals surface area contributed by atoms with Crippen molar-refractivity contribution in [1.82, 2.24) is 15.5 Å². The maximum atomic E-state index is 13.0. The molecule has 1 fully saturated rings. The summed E-state index contributed by atoms with van der Waals surface area (Å²) in [7, 11) is 1.69. The lowest BCUT2D eigenvalue weighted by Crippen LogP contribution is -2.49. The van der Waals surface area contributed by atoms with Crippen LogP contribution in [0.3, 0.4) is 0 Å². The SMILES string of the molecule is C=C1CCC(N2Cc3c(OCc4ccc(CNCCOC)cc4)cccc3C2=O)C(=O)N1. The fraction of sp³-hybridized carbons (Fsp3) is 0.360. The van der Waals surface area contributed by atoms with Gasteiger partial charge >= 0.3 is 0 Å². The molecule has 0 aliphatic carbocycles. The van der Waals surface area contributed by atoms with Gasteiger partial charge in [0.1, 0.15) is 18.4 Å². The van der Waals surface area contributed by atoms with Crippen molar-refractivity contribution in [2.24, 2.45) is 0 Å². The molecule has 1 saturated heterocycles. The van der Waals surface area contributed by atoms with Crippen LogP contribution < -0.4 is 15.4 Å². The van der Waals surface area contributed by atoms with Crippen LogP contribution in [0.15, 0.2) is 54.7 Å². The number of carbonyl (C=O) groups excluding carboxylic acids is 2. The minimum absolute atomic E-state index is 0.122. The molecule has 7 heteroatoms. The van der Waals surface area contributed by atoms with Crippen molar-refractivity contribution in [2.45, 2.75) is 38.6 Å². The molecule has 0 bridgehead atoms. The van der Waals surface area contributed by atoms with Gasteiger partial charge in [0.2, 0.25) is 5.91 Å². The molecule has 2 N–H and O–H groups in total. The highest BCUT2D eigenvalue weighted by Gasteiger charge is 2.39. The molecule has 2 aliphatic heterocycles. The number of hydrogen-bond donors (Lipinski definition) is 2. The van der Waals surface area contributed by atoms with Gasteiger partial charge in [-0.25, -0.2) is 0 Å². The monoisotopic (exact) mass is 435 g/mol. The van der Waals surface area contributed by atoms with Gasteiger partial charge in [-0.3, -0.25) is 9.59 Å². The molecule has 0 saturated carbocycles. The number of carbonyl (C=O) groups is 2. The Labute approximate surface area is 188 Å². The number of allylic oxidation sites excluding steroid dienone is 1. The van der Waals surface area contributed by atoms with Crippen LogP contribution in [0.2, 0.25) is 0 Å². The van der Waals surface area contributed by atoms with Crippen LogP contribution in [-0.4, -0.2) is 43.0 Å². The molecule has 1 unspecified atom stereocenters. The lowest BCUT2D eigenvalue weighted by Gasteiger charge is -2.31. The third-order valence-electron chi connectivity index (χ3n) is 5.88. The first-order chi connectivity index (χ1) is 15.6. The first-order valence-corrected chi connectivity index (χ1v) is 10.9. The van der Waals surface area contributed by atoms with E-state index in [-0.39, 0.29) is 11.8 Å². The number of benzene rings is 2. The molecule has 1 atom stereocenters. The quantitative estimate of drug-likeness (QED) is 0.592. The van der Waals surface area contributed by atoms with Gasteiger partial charge in [-0.2, -0.15) is 0 Å². The Morgan fingerprint density at radius 1 is 1.16 bits per heavy atom. The van der Waals surface area contributed by atoms with Gasteiger partial charge in [0, 0.05) is 37.0 Å². The molecule has 0 radical (unpaired) electrons. The van der Waals surface area contributed by atoms with E-state index in [1.165, 1.54) is 5.56 Å². The molecular formula is C25H29N3O4. The predicted octanol–water partition coefficient (Wildman–Crippen LogP) is 2.75. The van der Waals surface area contributed by atoms with E-state index in [1.54, 1.807) is 18.1 Å². The van der Waals surface area contributed by atoms with Crippen LogP contribution in [0.1, 0.15) is 39.9 Å².